The smallest absolute Gasteiger partial charge is 0.274 e. The van der Waals surface area contributed by atoms with Crippen LogP contribution in [-0.2, 0) is 21.9 Å². The number of nitrogens with zero attached hydrogens (tertiary/aromatic N) is 1. The van der Waals surface area contributed by atoms with Gasteiger partial charge in [-0.2, -0.15) is 0 Å². The van der Waals surface area contributed by atoms with Crippen molar-refractivity contribution in [2.75, 3.05) is 10.5 Å². The molecular weight excluding hydrogens is 530 g/mol. The van der Waals surface area contributed by atoms with Gasteiger partial charge in [-0.15, -0.1) is 0 Å². The normalized spacial score (nSPS) is 11.6. The summed E-state index contributed by atoms with van der Waals surface area (Å²) in [6, 6.07) is 8.94. The Bertz CT molecular complexity index is 1710. The Hall–Kier alpha value is -4.19. The largest absolute Gasteiger partial charge is 0.454 e. The van der Waals surface area contributed by atoms with Crippen LogP contribution in [-0.4, -0.2) is 35.7 Å². The Labute approximate surface area is 228 Å². The molecule has 9 nitrogen and oxygen atoms in total. The predicted molar refractivity (Wildman–Crippen MR) is 152 cm³/mol. The Morgan fingerprint density at radius 3 is 2.56 bits per heavy atom. The number of halogens is 2. The number of hydrogen-bond donors (Lipinski definition) is 3. The molecule has 0 fully saturated rings. The van der Waals surface area contributed by atoms with Crippen LogP contribution in [0.2, 0.25) is 0 Å². The third-order valence-corrected chi connectivity index (χ3v) is 7.19. The van der Waals surface area contributed by atoms with Crippen molar-refractivity contribution < 1.29 is 31.0 Å². The molecule has 0 saturated heterocycles. The van der Waals surface area contributed by atoms with Crippen LogP contribution in [0.15, 0.2) is 59.7 Å². The van der Waals surface area contributed by atoms with Gasteiger partial charge in [0, 0.05) is 64.5 Å². The number of fused-ring (bicyclic) bond motifs is 1. The lowest BCUT2D eigenvalue weighted by molar-refractivity contribution is -0.121. The summed E-state index contributed by atoms with van der Waals surface area (Å²) < 4.78 is 63.0. The Balaban J connectivity index is 0.00000294. The second-order valence-electron chi connectivity index (χ2n) is 9.36. The number of aromatic amines is 1. The van der Waals surface area contributed by atoms with E-state index in [-0.39, 0.29) is 57.6 Å². The quantitative estimate of drug-likeness (QED) is 0.238. The number of aromatic nitrogens is 2. The van der Waals surface area contributed by atoms with Gasteiger partial charge >= 0.3 is 0 Å². The highest BCUT2D eigenvalue weighted by Gasteiger charge is 2.19. The van der Waals surface area contributed by atoms with Crippen molar-refractivity contribution in [3.8, 4) is 22.6 Å². The van der Waals surface area contributed by atoms with Crippen LogP contribution in [0, 0.1) is 11.6 Å². The molecule has 12 heteroatoms. The van der Waals surface area contributed by atoms with Gasteiger partial charge in [0.2, 0.25) is 15.9 Å². The number of carbonyl (C=O) groups excluding carboxylic acids is 1. The lowest BCUT2D eigenvalue weighted by Crippen LogP contribution is -2.30. The van der Waals surface area contributed by atoms with Crippen LogP contribution in [0.25, 0.3) is 22.0 Å². The number of carbonyl (C=O) groups is 1. The summed E-state index contributed by atoms with van der Waals surface area (Å²) in [5.74, 6) is -2.29. The molecule has 2 aromatic heterocycles. The maximum absolute atomic E-state index is 14.4. The van der Waals surface area contributed by atoms with Gasteiger partial charge in [-0.3, -0.25) is 14.3 Å². The van der Waals surface area contributed by atoms with Gasteiger partial charge in [-0.1, -0.05) is 0 Å². The summed E-state index contributed by atoms with van der Waals surface area (Å²) in [6.45, 7) is 3.63. The molecular formula is C27H34F2N4O5S. The first-order valence-electron chi connectivity index (χ1n) is 12.2. The number of nitrogens with one attached hydrogen (secondary N) is 3. The van der Waals surface area contributed by atoms with Crippen molar-refractivity contribution >= 4 is 32.5 Å². The lowest BCUT2D eigenvalue weighted by atomic mass is 10.0. The van der Waals surface area contributed by atoms with Gasteiger partial charge in [0.25, 0.3) is 5.56 Å². The number of rotatable bonds is 10. The molecule has 4 rings (SSSR count). The van der Waals surface area contributed by atoms with Gasteiger partial charge in [0.15, 0.2) is 11.6 Å². The number of amides is 1. The van der Waals surface area contributed by atoms with Gasteiger partial charge in [-0.05, 0) is 56.7 Å². The van der Waals surface area contributed by atoms with E-state index < -0.39 is 21.7 Å². The summed E-state index contributed by atoms with van der Waals surface area (Å²) in [7, 11) is -2.26. The molecule has 4 aromatic rings. The lowest BCUT2D eigenvalue weighted by Gasteiger charge is -2.16. The number of anilines is 1. The number of ether oxygens (including phenoxy) is 1. The van der Waals surface area contributed by atoms with Crippen LogP contribution in [0.1, 0.15) is 31.0 Å². The monoisotopic (exact) mass is 564 g/mol. The molecule has 0 unspecified atom stereocenters. The standard InChI is InChI=1S/C27H28F2N4O5S.3H2/c1-16(2)31-25(34)5-4-12-39(36,37)32-18-7-9-23(38-24-8-6-17(28)13-22(24)29)20(14-18)21-15-33(3)27(35)26-19(21)10-11-30-26;;;/h6-11,13-16,30,32H,4-5,12H2,1-3H3,(H,31,34);3*1H. The van der Waals surface area contributed by atoms with Crippen molar-refractivity contribution in [3.63, 3.8) is 0 Å². The summed E-state index contributed by atoms with van der Waals surface area (Å²) in [6.07, 6.45) is 3.34. The summed E-state index contributed by atoms with van der Waals surface area (Å²) in [5, 5.41) is 3.26. The molecule has 2 heterocycles. The number of sulfonamides is 1. The van der Waals surface area contributed by atoms with Crippen molar-refractivity contribution in [1.29, 1.82) is 0 Å². The first-order chi connectivity index (χ1) is 18.4. The van der Waals surface area contributed by atoms with E-state index in [9.17, 15) is 26.8 Å². The SMILES string of the molecule is CC(C)NC(=O)CCCS(=O)(=O)Nc1ccc(Oc2ccc(F)cc2F)c(-c2cn(C)c(=O)c3[nH]ccc23)c1.[HH].[HH].[HH]. The fourth-order valence-corrected chi connectivity index (χ4v) is 5.21. The second-order valence-corrected chi connectivity index (χ2v) is 11.2. The molecule has 0 saturated carbocycles. The zero-order valence-corrected chi connectivity index (χ0v) is 22.4. The topological polar surface area (TPSA) is 122 Å². The van der Waals surface area contributed by atoms with E-state index in [0.29, 0.717) is 28.1 Å². The number of pyridine rings is 1. The molecule has 0 atom stereocenters. The molecule has 3 N–H and O–H groups in total. The van der Waals surface area contributed by atoms with Gasteiger partial charge in [-0.25, -0.2) is 17.2 Å². The first-order valence-corrected chi connectivity index (χ1v) is 13.8. The molecule has 39 heavy (non-hydrogen) atoms. The Morgan fingerprint density at radius 2 is 1.85 bits per heavy atom. The summed E-state index contributed by atoms with van der Waals surface area (Å²) in [4.78, 5) is 27.3. The van der Waals surface area contributed by atoms with Crippen LogP contribution in [0.3, 0.4) is 0 Å². The van der Waals surface area contributed by atoms with E-state index >= 15 is 0 Å². The average Bonchev–Trinajstić information content (AvgIpc) is 3.33. The van der Waals surface area contributed by atoms with Gasteiger partial charge in [0.05, 0.1) is 5.75 Å². The Morgan fingerprint density at radius 1 is 1.10 bits per heavy atom. The molecule has 0 radical (unpaired) electrons. The van der Waals surface area contributed by atoms with Crippen molar-refractivity contribution in [2.24, 2.45) is 7.05 Å². The zero-order valence-electron chi connectivity index (χ0n) is 21.5. The third-order valence-electron chi connectivity index (χ3n) is 5.82. The fraction of sp³-hybridized carbons (Fsp3) is 0.259. The molecule has 0 spiro atoms. The molecule has 0 aliphatic rings. The second kappa shape index (κ2) is 11.3. The molecule has 2 aromatic carbocycles. The van der Waals surface area contributed by atoms with Crippen molar-refractivity contribution in [2.45, 2.75) is 32.7 Å². The summed E-state index contributed by atoms with van der Waals surface area (Å²) in [5.41, 5.74) is 1.11. The predicted octanol–water partition coefficient (Wildman–Crippen LogP) is 5.39. The molecule has 212 valence electrons. The minimum Gasteiger partial charge on any atom is -0.454 e. The van der Waals surface area contributed by atoms with Crippen LogP contribution in [0.4, 0.5) is 14.5 Å². The molecule has 0 aliphatic heterocycles. The zero-order chi connectivity index (χ0) is 28.3. The first kappa shape index (κ1) is 27.8. The molecule has 1 amide bonds. The van der Waals surface area contributed by atoms with Crippen LogP contribution >= 0.6 is 0 Å². The number of H-pyrrole nitrogens is 1. The Kier molecular flexibility index (Phi) is 8.05. The van der Waals surface area contributed by atoms with Gasteiger partial charge < -0.3 is 19.6 Å². The average molecular weight is 565 g/mol. The highest BCUT2D eigenvalue weighted by molar-refractivity contribution is 7.92. The number of benzene rings is 2. The van der Waals surface area contributed by atoms with Crippen molar-refractivity contribution in [1.82, 2.24) is 14.9 Å². The minimum absolute atomic E-state index is 0. The highest BCUT2D eigenvalue weighted by atomic mass is 32.2. The van der Waals surface area contributed by atoms with E-state index in [1.54, 1.807) is 25.5 Å². The third kappa shape index (κ3) is 6.63. The number of hydrogen-bond acceptors (Lipinski definition) is 5. The minimum atomic E-state index is -3.82. The van der Waals surface area contributed by atoms with E-state index in [2.05, 4.69) is 15.0 Å². The van der Waals surface area contributed by atoms with E-state index in [1.165, 1.54) is 22.8 Å². The fourth-order valence-electron chi connectivity index (χ4n) is 4.10. The van der Waals surface area contributed by atoms with E-state index in [1.807, 2.05) is 13.8 Å². The molecule has 0 aliphatic carbocycles. The van der Waals surface area contributed by atoms with Crippen LogP contribution < -0.4 is 20.3 Å². The van der Waals surface area contributed by atoms with Crippen molar-refractivity contribution in [3.05, 3.63) is 76.8 Å². The maximum atomic E-state index is 14.4. The van der Waals surface area contributed by atoms with Gasteiger partial charge in [0.1, 0.15) is 17.1 Å². The van der Waals surface area contributed by atoms with Crippen LogP contribution in [0.5, 0.6) is 11.5 Å². The number of aryl methyl sites for hydroxylation is 1. The van der Waals surface area contributed by atoms with E-state index in [4.69, 9.17) is 4.74 Å². The molecule has 0 bridgehead atoms. The maximum Gasteiger partial charge on any atom is 0.274 e. The summed E-state index contributed by atoms with van der Waals surface area (Å²) >= 11 is 0. The van der Waals surface area contributed by atoms with E-state index in [0.717, 1.165) is 12.1 Å². The highest BCUT2D eigenvalue weighted by Crippen LogP contribution is 2.39.